The molecule has 6 nitrogen and oxygen atoms in total. The number of esters is 1. The van der Waals surface area contributed by atoms with E-state index in [1.54, 1.807) is 6.92 Å². The second kappa shape index (κ2) is 7.37. The molecule has 1 aliphatic rings. The highest BCUT2D eigenvalue weighted by atomic mass is 35.5. The second-order valence-corrected chi connectivity index (χ2v) is 5.52. The van der Waals surface area contributed by atoms with Crippen LogP contribution in [-0.2, 0) is 9.53 Å². The minimum Gasteiger partial charge on any atom is -0.487 e. The lowest BCUT2D eigenvalue weighted by Gasteiger charge is -2.21. The Hall–Kier alpha value is -2.21. The number of aryl methyl sites for hydroxylation is 2. The third-order valence-electron chi connectivity index (χ3n) is 3.37. The molecule has 0 radical (unpaired) electrons. The predicted octanol–water partition coefficient (Wildman–Crippen LogP) is 2.47. The van der Waals surface area contributed by atoms with Gasteiger partial charge in [0.1, 0.15) is 12.4 Å². The molecular weight excluding hydrogens is 320 g/mol. The summed E-state index contributed by atoms with van der Waals surface area (Å²) in [6.45, 7) is 5.93. The van der Waals surface area contributed by atoms with Gasteiger partial charge in [-0.1, -0.05) is 11.6 Å². The van der Waals surface area contributed by atoms with Crippen LogP contribution in [0.15, 0.2) is 23.4 Å². The van der Waals surface area contributed by atoms with Crippen molar-refractivity contribution < 1.29 is 19.1 Å². The SMILES string of the molecule is CCOC(=O)C1=C(COc2cc(C)c(Cl)c(C)c2)NC(=O)NC1. The van der Waals surface area contributed by atoms with E-state index in [2.05, 4.69) is 10.6 Å². The number of hydrogen-bond acceptors (Lipinski definition) is 4. The van der Waals surface area contributed by atoms with Crippen LogP contribution in [-0.4, -0.2) is 31.8 Å². The van der Waals surface area contributed by atoms with Crippen LogP contribution in [0.3, 0.4) is 0 Å². The molecule has 124 valence electrons. The maximum absolute atomic E-state index is 11.9. The smallest absolute Gasteiger partial charge is 0.337 e. The van der Waals surface area contributed by atoms with Crippen molar-refractivity contribution in [1.29, 1.82) is 0 Å². The van der Waals surface area contributed by atoms with E-state index in [-0.39, 0.29) is 25.8 Å². The Bertz CT molecular complexity index is 647. The summed E-state index contributed by atoms with van der Waals surface area (Å²) in [5.74, 6) is 0.148. The molecule has 0 atom stereocenters. The van der Waals surface area contributed by atoms with Crippen molar-refractivity contribution >= 4 is 23.6 Å². The largest absolute Gasteiger partial charge is 0.487 e. The molecule has 2 amide bonds. The summed E-state index contributed by atoms with van der Waals surface area (Å²) in [5, 5.41) is 5.83. The molecular formula is C16H19ClN2O4. The Morgan fingerprint density at radius 1 is 1.30 bits per heavy atom. The fraction of sp³-hybridized carbons (Fsp3) is 0.375. The van der Waals surface area contributed by atoms with E-state index in [1.165, 1.54) is 0 Å². The fourth-order valence-corrected chi connectivity index (χ4v) is 2.32. The molecule has 0 aromatic heterocycles. The van der Waals surface area contributed by atoms with Crippen LogP contribution >= 0.6 is 11.6 Å². The van der Waals surface area contributed by atoms with Gasteiger partial charge in [-0.25, -0.2) is 9.59 Å². The van der Waals surface area contributed by atoms with Crippen molar-refractivity contribution in [1.82, 2.24) is 10.6 Å². The van der Waals surface area contributed by atoms with Gasteiger partial charge < -0.3 is 20.1 Å². The van der Waals surface area contributed by atoms with Crippen molar-refractivity contribution in [3.63, 3.8) is 0 Å². The van der Waals surface area contributed by atoms with Crippen molar-refractivity contribution in [3.8, 4) is 5.75 Å². The van der Waals surface area contributed by atoms with Crippen LogP contribution in [0.25, 0.3) is 0 Å². The Balaban J connectivity index is 2.18. The number of ether oxygens (including phenoxy) is 2. The fourth-order valence-electron chi connectivity index (χ4n) is 2.21. The van der Waals surface area contributed by atoms with E-state index < -0.39 is 5.97 Å². The first-order valence-corrected chi connectivity index (χ1v) is 7.63. The number of nitrogens with one attached hydrogen (secondary N) is 2. The normalized spacial score (nSPS) is 14.2. The van der Waals surface area contributed by atoms with Crippen molar-refractivity contribution in [2.24, 2.45) is 0 Å². The summed E-state index contributed by atoms with van der Waals surface area (Å²) in [7, 11) is 0. The number of rotatable bonds is 5. The standard InChI is InChI=1S/C16H19ClN2O4/c1-4-22-15(20)12-7-18-16(21)19-13(12)8-23-11-5-9(2)14(17)10(3)6-11/h5-6H,4,7-8H2,1-3H3,(H2,18,19,21). The van der Waals surface area contributed by atoms with Crippen LogP contribution in [0.4, 0.5) is 4.79 Å². The van der Waals surface area contributed by atoms with Gasteiger partial charge in [-0.3, -0.25) is 0 Å². The van der Waals surface area contributed by atoms with E-state index in [0.717, 1.165) is 11.1 Å². The van der Waals surface area contributed by atoms with Crippen molar-refractivity contribution in [3.05, 3.63) is 39.6 Å². The maximum atomic E-state index is 11.9. The third-order valence-corrected chi connectivity index (χ3v) is 3.97. The maximum Gasteiger partial charge on any atom is 0.337 e. The van der Waals surface area contributed by atoms with E-state index in [1.807, 2.05) is 26.0 Å². The summed E-state index contributed by atoms with van der Waals surface area (Å²) in [6.07, 6.45) is 0. The van der Waals surface area contributed by atoms with Gasteiger partial charge in [0, 0.05) is 5.02 Å². The molecule has 23 heavy (non-hydrogen) atoms. The van der Waals surface area contributed by atoms with Gasteiger partial charge in [0.25, 0.3) is 0 Å². The Kier molecular flexibility index (Phi) is 5.50. The van der Waals surface area contributed by atoms with Gasteiger partial charge in [0.2, 0.25) is 0 Å². The third kappa shape index (κ3) is 4.16. The lowest BCUT2D eigenvalue weighted by molar-refractivity contribution is -0.138. The summed E-state index contributed by atoms with van der Waals surface area (Å²) in [6, 6.07) is 3.24. The molecule has 1 heterocycles. The summed E-state index contributed by atoms with van der Waals surface area (Å²) in [4.78, 5) is 23.4. The van der Waals surface area contributed by atoms with Gasteiger partial charge in [-0.05, 0) is 44.0 Å². The number of benzene rings is 1. The molecule has 1 aromatic rings. The van der Waals surface area contributed by atoms with Crippen molar-refractivity contribution in [2.75, 3.05) is 19.8 Å². The lowest BCUT2D eigenvalue weighted by Crippen LogP contribution is -2.45. The molecule has 0 aliphatic carbocycles. The van der Waals surface area contributed by atoms with Gasteiger partial charge in [-0.2, -0.15) is 0 Å². The van der Waals surface area contributed by atoms with Crippen LogP contribution in [0.1, 0.15) is 18.1 Å². The first kappa shape index (κ1) is 17.1. The molecule has 0 spiro atoms. The topological polar surface area (TPSA) is 76.7 Å². The van der Waals surface area contributed by atoms with E-state index in [9.17, 15) is 9.59 Å². The molecule has 0 saturated carbocycles. The first-order chi connectivity index (χ1) is 10.9. The van der Waals surface area contributed by atoms with Crippen LogP contribution in [0.5, 0.6) is 5.75 Å². The molecule has 0 unspecified atom stereocenters. The molecule has 7 heteroatoms. The minimum absolute atomic E-state index is 0.0576. The summed E-state index contributed by atoms with van der Waals surface area (Å²) in [5.41, 5.74) is 2.55. The van der Waals surface area contributed by atoms with Gasteiger partial charge in [0.05, 0.1) is 24.4 Å². The Labute approximate surface area is 139 Å². The van der Waals surface area contributed by atoms with Crippen LogP contribution < -0.4 is 15.4 Å². The van der Waals surface area contributed by atoms with Gasteiger partial charge >= 0.3 is 12.0 Å². The molecule has 0 bridgehead atoms. The number of carbonyl (C=O) groups excluding carboxylic acids is 2. The Morgan fingerprint density at radius 2 is 1.96 bits per heavy atom. The first-order valence-electron chi connectivity index (χ1n) is 7.26. The summed E-state index contributed by atoms with van der Waals surface area (Å²) >= 11 is 6.13. The lowest BCUT2D eigenvalue weighted by atomic mass is 10.1. The molecule has 0 fully saturated rings. The molecule has 2 N–H and O–H groups in total. The zero-order valence-electron chi connectivity index (χ0n) is 13.3. The second-order valence-electron chi connectivity index (χ2n) is 5.14. The highest BCUT2D eigenvalue weighted by molar-refractivity contribution is 6.32. The highest BCUT2D eigenvalue weighted by Crippen LogP contribution is 2.26. The zero-order valence-corrected chi connectivity index (χ0v) is 14.0. The number of hydrogen-bond donors (Lipinski definition) is 2. The van der Waals surface area contributed by atoms with Crippen LogP contribution in [0, 0.1) is 13.8 Å². The molecule has 0 saturated heterocycles. The highest BCUT2D eigenvalue weighted by Gasteiger charge is 2.24. The number of halogens is 1. The van der Waals surface area contributed by atoms with E-state index in [4.69, 9.17) is 21.1 Å². The summed E-state index contributed by atoms with van der Waals surface area (Å²) < 4.78 is 10.7. The Morgan fingerprint density at radius 3 is 2.57 bits per heavy atom. The average molecular weight is 339 g/mol. The number of urea groups is 1. The molecule has 1 aliphatic heterocycles. The van der Waals surface area contributed by atoms with E-state index >= 15 is 0 Å². The van der Waals surface area contributed by atoms with E-state index in [0.29, 0.717) is 22.0 Å². The average Bonchev–Trinajstić information content (AvgIpc) is 2.50. The molecule has 1 aromatic carbocycles. The molecule has 2 rings (SSSR count). The zero-order chi connectivity index (χ0) is 17.0. The van der Waals surface area contributed by atoms with Gasteiger partial charge in [0.15, 0.2) is 0 Å². The quantitative estimate of drug-likeness (QED) is 0.809. The number of carbonyl (C=O) groups is 2. The number of amides is 2. The monoisotopic (exact) mass is 338 g/mol. The minimum atomic E-state index is -0.470. The predicted molar refractivity (Wildman–Crippen MR) is 86.6 cm³/mol. The van der Waals surface area contributed by atoms with Crippen molar-refractivity contribution in [2.45, 2.75) is 20.8 Å². The van der Waals surface area contributed by atoms with Crippen LogP contribution in [0.2, 0.25) is 5.02 Å². The van der Waals surface area contributed by atoms with Gasteiger partial charge in [-0.15, -0.1) is 0 Å².